The van der Waals surface area contributed by atoms with Crippen LogP contribution in [0.15, 0.2) is 47.4 Å². The first kappa shape index (κ1) is 21.9. The summed E-state index contributed by atoms with van der Waals surface area (Å²) in [5.41, 5.74) is -1.45. The molecule has 30 heavy (non-hydrogen) atoms. The fourth-order valence-electron chi connectivity index (χ4n) is 3.09. The first-order valence-corrected chi connectivity index (χ1v) is 9.47. The number of hydrogen-bond acceptors (Lipinski definition) is 3. The summed E-state index contributed by atoms with van der Waals surface area (Å²) in [7, 11) is 0. The average Bonchev–Trinajstić information content (AvgIpc) is 2.71. The second-order valence-electron chi connectivity index (χ2n) is 6.73. The molecule has 3 N–H and O–H groups in total. The number of nitrogens with one attached hydrogen (secondary N) is 2. The van der Waals surface area contributed by atoms with Crippen molar-refractivity contribution in [2.75, 3.05) is 6.61 Å². The van der Waals surface area contributed by atoms with Crippen LogP contribution in [0.5, 0.6) is 0 Å². The van der Waals surface area contributed by atoms with Crippen molar-refractivity contribution in [2.24, 2.45) is 0 Å². The molecule has 1 aromatic heterocycles. The molecule has 0 bridgehead atoms. The number of hydrogen-bond donors (Lipinski definition) is 3. The number of alkyl halides is 3. The zero-order chi connectivity index (χ0) is 21.9. The normalized spacial score (nSPS) is 11.6. The summed E-state index contributed by atoms with van der Waals surface area (Å²) < 4.78 is 40.5. The van der Waals surface area contributed by atoms with Gasteiger partial charge in [-0.3, -0.25) is 9.59 Å². The maximum atomic E-state index is 13.5. The molecule has 0 aliphatic heterocycles. The van der Waals surface area contributed by atoms with Crippen LogP contribution >= 0.6 is 11.6 Å². The molecule has 0 atom stereocenters. The van der Waals surface area contributed by atoms with E-state index >= 15 is 0 Å². The van der Waals surface area contributed by atoms with Crippen LogP contribution < -0.4 is 10.7 Å². The lowest BCUT2D eigenvalue weighted by Crippen LogP contribution is -2.28. The lowest BCUT2D eigenvalue weighted by Gasteiger charge is -2.14. The molecule has 3 rings (SSSR count). The van der Waals surface area contributed by atoms with Crippen LogP contribution in [0.4, 0.5) is 13.2 Å². The summed E-state index contributed by atoms with van der Waals surface area (Å²) in [5.74, 6) is -0.706. The molecule has 0 fully saturated rings. The van der Waals surface area contributed by atoms with E-state index in [0.29, 0.717) is 5.02 Å². The van der Waals surface area contributed by atoms with Crippen molar-refractivity contribution in [2.45, 2.75) is 25.6 Å². The number of aromatic nitrogens is 1. The minimum Gasteiger partial charge on any atom is -0.396 e. The fourth-order valence-corrected chi connectivity index (χ4v) is 3.22. The highest BCUT2D eigenvalue weighted by molar-refractivity contribution is 6.30. The number of H-pyrrole nitrogens is 1. The quantitative estimate of drug-likeness (QED) is 0.543. The van der Waals surface area contributed by atoms with Crippen LogP contribution in [0.3, 0.4) is 0 Å². The van der Waals surface area contributed by atoms with Gasteiger partial charge in [-0.15, -0.1) is 0 Å². The zero-order valence-corrected chi connectivity index (χ0v) is 16.4. The van der Waals surface area contributed by atoms with Crippen molar-refractivity contribution in [3.8, 4) is 0 Å². The Morgan fingerprint density at radius 2 is 1.83 bits per heavy atom. The van der Waals surface area contributed by atoms with Gasteiger partial charge in [0, 0.05) is 29.8 Å². The van der Waals surface area contributed by atoms with E-state index in [1.165, 1.54) is 6.07 Å². The van der Waals surface area contributed by atoms with Gasteiger partial charge in [-0.05, 0) is 48.2 Å². The van der Waals surface area contributed by atoms with Crippen molar-refractivity contribution >= 4 is 28.4 Å². The Labute approximate surface area is 174 Å². The van der Waals surface area contributed by atoms with E-state index in [4.69, 9.17) is 16.7 Å². The molecular weight excluding hydrogens is 421 g/mol. The van der Waals surface area contributed by atoms with Crippen molar-refractivity contribution in [1.82, 2.24) is 10.3 Å². The molecule has 2 aromatic carbocycles. The van der Waals surface area contributed by atoms with Gasteiger partial charge in [-0.25, -0.2) is 0 Å². The van der Waals surface area contributed by atoms with Crippen LogP contribution in [0.1, 0.15) is 33.5 Å². The van der Waals surface area contributed by atoms with Gasteiger partial charge in [0.2, 0.25) is 5.43 Å². The van der Waals surface area contributed by atoms with Gasteiger partial charge in [-0.2, -0.15) is 13.2 Å². The van der Waals surface area contributed by atoms with Gasteiger partial charge in [0.15, 0.2) is 0 Å². The number of halogens is 4. The van der Waals surface area contributed by atoms with Crippen LogP contribution in [0, 0.1) is 0 Å². The lowest BCUT2D eigenvalue weighted by molar-refractivity contribution is -0.136. The van der Waals surface area contributed by atoms with Crippen molar-refractivity contribution in [3.05, 3.63) is 80.1 Å². The molecule has 0 radical (unpaired) electrons. The van der Waals surface area contributed by atoms with Gasteiger partial charge < -0.3 is 15.4 Å². The second-order valence-corrected chi connectivity index (χ2v) is 7.17. The predicted octanol–water partition coefficient (Wildman–Crippen LogP) is 4.06. The van der Waals surface area contributed by atoms with Gasteiger partial charge >= 0.3 is 6.18 Å². The predicted molar refractivity (Wildman–Crippen MR) is 108 cm³/mol. The molecule has 5 nitrogen and oxygen atoms in total. The molecule has 0 spiro atoms. The Morgan fingerprint density at radius 3 is 2.47 bits per heavy atom. The molecule has 158 valence electrons. The molecule has 0 unspecified atom stereocenters. The largest absolute Gasteiger partial charge is 0.418 e. The molecular formula is C21H18ClF3N2O3. The number of carbonyl (C=O) groups excluding carboxylic acids is 1. The Bertz CT molecular complexity index is 1130. The molecule has 3 aromatic rings. The van der Waals surface area contributed by atoms with Gasteiger partial charge in [0.25, 0.3) is 5.91 Å². The Balaban J connectivity index is 1.98. The highest BCUT2D eigenvalue weighted by Gasteiger charge is 2.34. The summed E-state index contributed by atoms with van der Waals surface area (Å²) in [6.07, 6.45) is -3.27. The number of pyridine rings is 1. The molecule has 0 aliphatic carbocycles. The van der Waals surface area contributed by atoms with E-state index in [0.717, 1.165) is 17.8 Å². The highest BCUT2D eigenvalue weighted by atomic mass is 35.5. The number of aliphatic hydroxyl groups excluding tert-OH is 1. The summed E-state index contributed by atoms with van der Waals surface area (Å²) >= 11 is 5.81. The second kappa shape index (κ2) is 8.89. The summed E-state index contributed by atoms with van der Waals surface area (Å²) in [4.78, 5) is 27.7. The van der Waals surface area contributed by atoms with E-state index in [-0.39, 0.29) is 48.0 Å². The highest BCUT2D eigenvalue weighted by Crippen LogP contribution is 2.34. The van der Waals surface area contributed by atoms with Crippen LogP contribution in [-0.2, 0) is 19.1 Å². The minimum atomic E-state index is -4.69. The fraction of sp³-hybridized carbons (Fsp3) is 0.238. The topological polar surface area (TPSA) is 82.2 Å². The zero-order valence-electron chi connectivity index (χ0n) is 15.6. The van der Waals surface area contributed by atoms with Crippen LogP contribution in [0.2, 0.25) is 5.02 Å². The summed E-state index contributed by atoms with van der Waals surface area (Å²) in [6, 6.07) is 8.99. The third-order valence-electron chi connectivity index (χ3n) is 4.59. The van der Waals surface area contributed by atoms with E-state index in [2.05, 4.69) is 10.3 Å². The van der Waals surface area contributed by atoms with Gasteiger partial charge in [0.05, 0.1) is 11.1 Å². The van der Waals surface area contributed by atoms with E-state index in [1.807, 2.05) is 0 Å². The third kappa shape index (κ3) is 4.83. The number of rotatable bonds is 6. The Hall–Kier alpha value is -2.84. The van der Waals surface area contributed by atoms with E-state index < -0.39 is 23.1 Å². The number of aryl methyl sites for hydroxylation is 1. The monoisotopic (exact) mass is 438 g/mol. The Kier molecular flexibility index (Phi) is 6.48. The standard InChI is InChI=1S/C21H18ClF3N2O3/c22-14-5-3-12(4-6-14)10-27-20(30)16-11-26-18-15(19(16)29)8-13(2-1-7-28)9-17(18)21(23,24)25/h3-6,8-9,11,28H,1-2,7,10H2,(H,26,29)(H,27,30). The molecule has 0 saturated carbocycles. The van der Waals surface area contributed by atoms with E-state index in [1.54, 1.807) is 24.3 Å². The third-order valence-corrected chi connectivity index (χ3v) is 4.84. The van der Waals surface area contributed by atoms with E-state index in [9.17, 15) is 22.8 Å². The SMILES string of the molecule is O=C(NCc1ccc(Cl)cc1)c1c[nH]c2c(C(F)(F)F)cc(CCCO)cc2c1=O. The van der Waals surface area contributed by atoms with Crippen molar-refractivity contribution in [3.63, 3.8) is 0 Å². The molecule has 0 aliphatic rings. The molecule has 1 amide bonds. The summed E-state index contributed by atoms with van der Waals surface area (Å²) in [6.45, 7) is -0.0687. The minimum absolute atomic E-state index is 0.123. The van der Waals surface area contributed by atoms with Crippen molar-refractivity contribution in [1.29, 1.82) is 0 Å². The van der Waals surface area contributed by atoms with Crippen LogP contribution in [0.25, 0.3) is 10.9 Å². The van der Waals surface area contributed by atoms with Crippen LogP contribution in [-0.4, -0.2) is 22.6 Å². The number of aromatic amines is 1. The Morgan fingerprint density at radius 1 is 1.13 bits per heavy atom. The van der Waals surface area contributed by atoms with Gasteiger partial charge in [-0.1, -0.05) is 23.7 Å². The molecule has 1 heterocycles. The maximum Gasteiger partial charge on any atom is 0.418 e. The number of fused-ring (bicyclic) bond motifs is 1. The summed E-state index contributed by atoms with van der Waals surface area (Å²) in [5, 5.41) is 11.8. The number of aliphatic hydroxyl groups is 1. The maximum absolute atomic E-state index is 13.5. The molecule has 0 saturated heterocycles. The lowest BCUT2D eigenvalue weighted by atomic mass is 10.00. The number of benzene rings is 2. The number of carbonyl (C=O) groups is 1. The first-order chi connectivity index (χ1) is 14.2. The first-order valence-electron chi connectivity index (χ1n) is 9.09. The number of amides is 1. The van der Waals surface area contributed by atoms with Gasteiger partial charge in [0.1, 0.15) is 5.56 Å². The average molecular weight is 439 g/mol. The van der Waals surface area contributed by atoms with Crippen molar-refractivity contribution < 1.29 is 23.1 Å². The smallest absolute Gasteiger partial charge is 0.396 e. The molecule has 9 heteroatoms.